The summed E-state index contributed by atoms with van der Waals surface area (Å²) in [6.45, 7) is -0.143. The van der Waals surface area contributed by atoms with Crippen LogP contribution in [0, 0.1) is 0 Å². The summed E-state index contributed by atoms with van der Waals surface area (Å²) in [6, 6.07) is 11.8. The minimum absolute atomic E-state index is 0.0716. The van der Waals surface area contributed by atoms with Crippen LogP contribution in [-0.2, 0) is 11.8 Å². The van der Waals surface area contributed by atoms with Gasteiger partial charge in [-0.25, -0.2) is 0 Å². The van der Waals surface area contributed by atoms with Crippen molar-refractivity contribution in [3.8, 4) is 0 Å². The fourth-order valence-electron chi connectivity index (χ4n) is 2.01. The van der Waals surface area contributed by atoms with Crippen LogP contribution in [0.15, 0.2) is 46.3 Å². The quantitative estimate of drug-likeness (QED) is 0.886. The molecule has 0 saturated heterocycles. The van der Waals surface area contributed by atoms with E-state index in [4.69, 9.17) is 0 Å². The van der Waals surface area contributed by atoms with E-state index in [1.807, 2.05) is 41.8 Å². The molecule has 2 aromatic rings. The summed E-state index contributed by atoms with van der Waals surface area (Å²) >= 11 is 5.08. The second-order valence-electron chi connectivity index (χ2n) is 4.36. The number of hydrogen-bond donors (Lipinski definition) is 2. The van der Waals surface area contributed by atoms with Gasteiger partial charge in [0, 0.05) is 14.8 Å². The molecule has 0 fully saturated rings. The number of rotatable bonds is 5. The van der Waals surface area contributed by atoms with Crippen molar-refractivity contribution in [3.05, 3.63) is 56.7 Å². The van der Waals surface area contributed by atoms with Crippen molar-refractivity contribution < 1.29 is 10.2 Å². The minimum atomic E-state index is -0.616. The smallest absolute Gasteiger partial charge is 0.0553 e. The molecule has 0 unspecified atom stereocenters. The predicted octanol–water partition coefficient (Wildman–Crippen LogP) is 2.98. The van der Waals surface area contributed by atoms with Crippen molar-refractivity contribution in [2.75, 3.05) is 13.2 Å². The summed E-state index contributed by atoms with van der Waals surface area (Å²) in [5, 5.41) is 21.5. The van der Waals surface area contributed by atoms with Crippen LogP contribution < -0.4 is 0 Å². The van der Waals surface area contributed by atoms with E-state index in [0.717, 1.165) is 14.9 Å². The van der Waals surface area contributed by atoms with Crippen LogP contribution in [0.3, 0.4) is 0 Å². The normalized spacial score (nSPS) is 11.7. The summed E-state index contributed by atoms with van der Waals surface area (Å²) in [6.07, 6.45) is 0.647. The Morgan fingerprint density at radius 3 is 2.44 bits per heavy atom. The second-order valence-corrected chi connectivity index (χ2v) is 6.31. The molecular weight excluding hydrogens is 312 g/mol. The lowest BCUT2D eigenvalue weighted by Crippen LogP contribution is -2.37. The fraction of sp³-hybridized carbons (Fsp3) is 0.286. The molecule has 4 heteroatoms. The maximum absolute atomic E-state index is 9.75. The fourth-order valence-corrected chi connectivity index (χ4v) is 3.26. The van der Waals surface area contributed by atoms with Crippen LogP contribution in [0.1, 0.15) is 10.4 Å². The minimum Gasteiger partial charge on any atom is -0.395 e. The highest BCUT2D eigenvalue weighted by Crippen LogP contribution is 2.31. The predicted molar refractivity (Wildman–Crippen MR) is 78.0 cm³/mol. The maximum atomic E-state index is 9.75. The summed E-state index contributed by atoms with van der Waals surface area (Å²) < 4.78 is 0.956. The van der Waals surface area contributed by atoms with Gasteiger partial charge in [-0.2, -0.15) is 0 Å². The van der Waals surface area contributed by atoms with Gasteiger partial charge in [0.05, 0.1) is 13.2 Å². The van der Waals surface area contributed by atoms with Gasteiger partial charge in [0.1, 0.15) is 0 Å². The van der Waals surface area contributed by atoms with Crippen molar-refractivity contribution in [2.24, 2.45) is 0 Å². The lowest BCUT2D eigenvalue weighted by Gasteiger charge is -2.30. The molecular formula is C14H15BrO2S. The van der Waals surface area contributed by atoms with Crippen LogP contribution in [0.5, 0.6) is 0 Å². The number of hydrogen-bond acceptors (Lipinski definition) is 3. The Balaban J connectivity index is 2.37. The van der Waals surface area contributed by atoms with Crippen molar-refractivity contribution in [3.63, 3.8) is 0 Å². The molecule has 1 heterocycles. The molecule has 0 spiro atoms. The topological polar surface area (TPSA) is 40.5 Å². The van der Waals surface area contributed by atoms with Crippen LogP contribution >= 0.6 is 27.3 Å². The zero-order valence-electron chi connectivity index (χ0n) is 9.84. The van der Waals surface area contributed by atoms with Gasteiger partial charge in [0.2, 0.25) is 0 Å². The standard InChI is InChI=1S/C14H15BrO2S/c15-12-4-1-3-11(7-12)14(9-16,10-17)8-13-5-2-6-18-13/h1-7,16-17H,8-10H2. The van der Waals surface area contributed by atoms with E-state index in [0.29, 0.717) is 6.42 Å². The van der Waals surface area contributed by atoms with Crippen LogP contribution in [0.2, 0.25) is 0 Å². The lowest BCUT2D eigenvalue weighted by atomic mass is 9.78. The average Bonchev–Trinajstić information content (AvgIpc) is 2.89. The Labute approximate surface area is 119 Å². The first-order valence-corrected chi connectivity index (χ1v) is 7.37. The van der Waals surface area contributed by atoms with E-state index in [2.05, 4.69) is 15.9 Å². The molecule has 0 aliphatic carbocycles. The second kappa shape index (κ2) is 5.97. The highest BCUT2D eigenvalue weighted by Gasteiger charge is 2.31. The monoisotopic (exact) mass is 326 g/mol. The van der Waals surface area contributed by atoms with Gasteiger partial charge in [-0.3, -0.25) is 0 Å². The first-order valence-electron chi connectivity index (χ1n) is 5.70. The van der Waals surface area contributed by atoms with Gasteiger partial charge in [-0.1, -0.05) is 34.1 Å². The summed E-state index contributed by atoms with van der Waals surface area (Å²) in [5.41, 5.74) is 0.338. The van der Waals surface area contributed by atoms with Gasteiger partial charge in [-0.15, -0.1) is 11.3 Å². The summed E-state index contributed by atoms with van der Waals surface area (Å²) in [4.78, 5) is 1.16. The molecule has 0 atom stereocenters. The number of aliphatic hydroxyl groups is 2. The van der Waals surface area contributed by atoms with Gasteiger partial charge >= 0.3 is 0 Å². The van der Waals surface area contributed by atoms with Crippen molar-refractivity contribution in [2.45, 2.75) is 11.8 Å². The number of benzene rings is 1. The van der Waals surface area contributed by atoms with Crippen LogP contribution in [0.25, 0.3) is 0 Å². The molecule has 2 rings (SSSR count). The maximum Gasteiger partial charge on any atom is 0.0553 e. The third-order valence-corrected chi connectivity index (χ3v) is 4.50. The molecule has 0 radical (unpaired) electrons. The first kappa shape index (κ1) is 13.7. The van der Waals surface area contributed by atoms with Crippen molar-refractivity contribution in [1.29, 1.82) is 0 Å². The number of aliphatic hydroxyl groups excluding tert-OH is 2. The van der Waals surface area contributed by atoms with Crippen molar-refractivity contribution in [1.82, 2.24) is 0 Å². The van der Waals surface area contributed by atoms with E-state index in [9.17, 15) is 10.2 Å². The Morgan fingerprint density at radius 2 is 1.89 bits per heavy atom. The first-order chi connectivity index (χ1) is 8.70. The summed E-state index contributed by atoms with van der Waals surface area (Å²) in [7, 11) is 0. The molecule has 1 aromatic carbocycles. The van der Waals surface area contributed by atoms with Gasteiger partial charge < -0.3 is 10.2 Å². The van der Waals surface area contributed by atoms with E-state index in [1.165, 1.54) is 0 Å². The molecule has 96 valence electrons. The van der Waals surface area contributed by atoms with E-state index >= 15 is 0 Å². The molecule has 2 nitrogen and oxygen atoms in total. The SMILES string of the molecule is OCC(CO)(Cc1cccs1)c1cccc(Br)c1. The Hall–Kier alpha value is -0.680. The molecule has 0 amide bonds. The number of halogens is 1. The van der Waals surface area contributed by atoms with Gasteiger partial charge in [-0.05, 0) is 35.6 Å². The van der Waals surface area contributed by atoms with Gasteiger partial charge in [0.25, 0.3) is 0 Å². The Kier molecular flexibility index (Phi) is 4.56. The van der Waals surface area contributed by atoms with E-state index < -0.39 is 5.41 Å². The van der Waals surface area contributed by atoms with Crippen LogP contribution in [-0.4, -0.2) is 23.4 Å². The molecule has 0 aliphatic heterocycles. The molecule has 1 aromatic heterocycles. The third kappa shape index (κ3) is 2.83. The largest absolute Gasteiger partial charge is 0.395 e. The van der Waals surface area contributed by atoms with Crippen LogP contribution in [0.4, 0.5) is 0 Å². The molecule has 18 heavy (non-hydrogen) atoms. The van der Waals surface area contributed by atoms with E-state index in [1.54, 1.807) is 11.3 Å². The Bertz CT molecular complexity index is 492. The molecule has 0 bridgehead atoms. The van der Waals surface area contributed by atoms with Gasteiger partial charge in [0.15, 0.2) is 0 Å². The molecule has 2 N–H and O–H groups in total. The molecule has 0 aliphatic rings. The zero-order valence-corrected chi connectivity index (χ0v) is 12.2. The highest BCUT2D eigenvalue weighted by molar-refractivity contribution is 9.10. The highest BCUT2D eigenvalue weighted by atomic mass is 79.9. The number of thiophene rings is 1. The lowest BCUT2D eigenvalue weighted by molar-refractivity contribution is 0.117. The van der Waals surface area contributed by atoms with Crippen molar-refractivity contribution >= 4 is 27.3 Å². The Morgan fingerprint density at radius 1 is 1.11 bits per heavy atom. The average molecular weight is 327 g/mol. The summed E-state index contributed by atoms with van der Waals surface area (Å²) in [5.74, 6) is 0. The molecule has 0 saturated carbocycles. The third-order valence-electron chi connectivity index (χ3n) is 3.14. The zero-order chi connectivity index (χ0) is 13.0. The van der Waals surface area contributed by atoms with E-state index in [-0.39, 0.29) is 13.2 Å².